The van der Waals surface area contributed by atoms with Crippen LogP contribution >= 0.6 is 0 Å². The fourth-order valence-electron chi connectivity index (χ4n) is 2.93. The number of ether oxygens (including phenoxy) is 1. The van der Waals surface area contributed by atoms with Crippen molar-refractivity contribution in [3.8, 4) is 5.75 Å². The Morgan fingerprint density at radius 1 is 1.24 bits per heavy atom. The van der Waals surface area contributed by atoms with Gasteiger partial charge >= 0.3 is 6.03 Å². The van der Waals surface area contributed by atoms with Gasteiger partial charge in [-0.1, -0.05) is 6.07 Å². The van der Waals surface area contributed by atoms with Gasteiger partial charge in [0, 0.05) is 7.05 Å². The Labute approximate surface area is 120 Å². The molecule has 2 heterocycles. The average molecular weight is 287 g/mol. The van der Waals surface area contributed by atoms with E-state index in [1.54, 1.807) is 25.2 Å². The van der Waals surface area contributed by atoms with Crippen LogP contribution in [0.3, 0.4) is 0 Å². The molecule has 1 aromatic rings. The highest BCUT2D eigenvalue weighted by atomic mass is 16.5. The predicted octanol–water partition coefficient (Wildman–Crippen LogP) is 0.948. The molecule has 3 aliphatic rings. The Hall–Kier alpha value is -2.57. The first kappa shape index (κ1) is 12.2. The minimum Gasteiger partial charge on any atom is -0.479 e. The highest BCUT2D eigenvalue weighted by Gasteiger charge is 2.64. The first-order chi connectivity index (χ1) is 10.0. The summed E-state index contributed by atoms with van der Waals surface area (Å²) in [6.07, 6.45) is 1.38. The van der Waals surface area contributed by atoms with Crippen LogP contribution in [0.2, 0.25) is 0 Å². The van der Waals surface area contributed by atoms with E-state index in [-0.39, 0.29) is 24.5 Å². The second kappa shape index (κ2) is 3.75. The first-order valence-corrected chi connectivity index (χ1v) is 6.73. The molecule has 0 bridgehead atoms. The van der Waals surface area contributed by atoms with Crippen LogP contribution < -0.4 is 15.0 Å². The van der Waals surface area contributed by atoms with Crippen LogP contribution in [0.4, 0.5) is 16.2 Å². The molecule has 7 nitrogen and oxygen atoms in total. The molecule has 1 saturated heterocycles. The third kappa shape index (κ3) is 1.45. The van der Waals surface area contributed by atoms with Crippen molar-refractivity contribution < 1.29 is 19.1 Å². The molecule has 0 aromatic heterocycles. The number of nitrogens with one attached hydrogen (secondary N) is 1. The number of amides is 4. The maximum Gasteiger partial charge on any atom is 0.332 e. The SMILES string of the molecule is CN1C(=O)N(c2cccc3c2OCC(=O)N3)C(=O)C12CC2. The Kier molecular flexibility index (Phi) is 2.18. The fraction of sp³-hybridized carbons (Fsp3) is 0.357. The van der Waals surface area contributed by atoms with Crippen molar-refractivity contribution in [1.29, 1.82) is 0 Å². The Bertz CT molecular complexity index is 695. The number of para-hydroxylation sites is 1. The third-order valence-electron chi connectivity index (χ3n) is 4.30. The minimum absolute atomic E-state index is 0.124. The van der Waals surface area contributed by atoms with Crippen molar-refractivity contribution in [1.82, 2.24) is 4.90 Å². The largest absolute Gasteiger partial charge is 0.479 e. The molecular formula is C14H13N3O4. The molecular weight excluding hydrogens is 274 g/mol. The van der Waals surface area contributed by atoms with Crippen molar-refractivity contribution in [3.63, 3.8) is 0 Å². The molecule has 1 saturated carbocycles. The van der Waals surface area contributed by atoms with E-state index in [4.69, 9.17) is 4.74 Å². The standard InChI is InChI=1S/C14H13N3O4/c1-16-13(20)17(12(19)14(16)5-6-14)9-4-2-3-8-11(9)21-7-10(18)15-8/h2-4H,5-7H2,1H3,(H,15,18). The number of anilines is 2. The number of likely N-dealkylation sites (N-methyl/N-ethyl adjacent to an activating group) is 1. The Morgan fingerprint density at radius 3 is 2.67 bits per heavy atom. The van der Waals surface area contributed by atoms with E-state index in [0.717, 1.165) is 4.90 Å². The van der Waals surface area contributed by atoms with Crippen molar-refractivity contribution in [2.45, 2.75) is 18.4 Å². The predicted molar refractivity (Wildman–Crippen MR) is 73.2 cm³/mol. The maximum absolute atomic E-state index is 12.6. The number of fused-ring (bicyclic) bond motifs is 1. The Morgan fingerprint density at radius 2 is 2.00 bits per heavy atom. The van der Waals surface area contributed by atoms with Gasteiger partial charge in [-0.05, 0) is 25.0 Å². The molecule has 4 amide bonds. The molecule has 2 aliphatic heterocycles. The lowest BCUT2D eigenvalue weighted by Crippen LogP contribution is -2.34. The van der Waals surface area contributed by atoms with E-state index in [9.17, 15) is 14.4 Å². The lowest BCUT2D eigenvalue weighted by atomic mass is 10.2. The van der Waals surface area contributed by atoms with E-state index >= 15 is 0 Å². The molecule has 2 fully saturated rings. The lowest BCUT2D eigenvalue weighted by Gasteiger charge is -2.23. The fourth-order valence-corrected chi connectivity index (χ4v) is 2.93. The third-order valence-corrected chi connectivity index (χ3v) is 4.30. The van der Waals surface area contributed by atoms with E-state index in [2.05, 4.69) is 5.32 Å². The zero-order chi connectivity index (χ0) is 14.8. The summed E-state index contributed by atoms with van der Waals surface area (Å²) in [6, 6.07) is 4.66. The number of carbonyl (C=O) groups is 3. The topological polar surface area (TPSA) is 79.0 Å². The Balaban J connectivity index is 1.81. The summed E-state index contributed by atoms with van der Waals surface area (Å²) in [5, 5.41) is 2.67. The molecule has 4 rings (SSSR count). The maximum atomic E-state index is 12.6. The van der Waals surface area contributed by atoms with Gasteiger partial charge in [0.05, 0.1) is 11.4 Å². The summed E-state index contributed by atoms with van der Waals surface area (Å²) in [5.41, 5.74) is 0.194. The van der Waals surface area contributed by atoms with Crippen LogP contribution in [0.25, 0.3) is 0 Å². The van der Waals surface area contributed by atoms with Crippen molar-refractivity contribution >= 4 is 29.2 Å². The molecule has 108 valence electrons. The molecule has 1 N–H and O–H groups in total. The molecule has 1 aromatic carbocycles. The number of imide groups is 1. The summed E-state index contributed by atoms with van der Waals surface area (Å²) < 4.78 is 5.42. The summed E-state index contributed by atoms with van der Waals surface area (Å²) in [7, 11) is 1.64. The lowest BCUT2D eigenvalue weighted by molar-refractivity contribution is -0.120. The molecule has 7 heteroatoms. The quantitative estimate of drug-likeness (QED) is 0.780. The van der Waals surface area contributed by atoms with Gasteiger partial charge < -0.3 is 15.0 Å². The van der Waals surface area contributed by atoms with Gasteiger partial charge in [-0.2, -0.15) is 0 Å². The minimum atomic E-state index is -0.669. The van der Waals surface area contributed by atoms with Gasteiger partial charge in [-0.15, -0.1) is 0 Å². The summed E-state index contributed by atoms with van der Waals surface area (Å²) in [5.74, 6) is -0.108. The van der Waals surface area contributed by atoms with Crippen molar-refractivity contribution in [2.75, 3.05) is 23.9 Å². The second-order valence-corrected chi connectivity index (χ2v) is 5.50. The highest BCUT2D eigenvalue weighted by molar-refractivity contribution is 6.25. The number of rotatable bonds is 1. The van der Waals surface area contributed by atoms with Gasteiger partial charge in [-0.25, -0.2) is 9.69 Å². The number of hydrogen-bond acceptors (Lipinski definition) is 4. The van der Waals surface area contributed by atoms with E-state index in [1.807, 2.05) is 0 Å². The van der Waals surface area contributed by atoms with Gasteiger partial charge in [0.1, 0.15) is 5.54 Å². The zero-order valence-corrected chi connectivity index (χ0v) is 11.4. The smallest absolute Gasteiger partial charge is 0.332 e. The number of hydrogen-bond donors (Lipinski definition) is 1. The van der Waals surface area contributed by atoms with Gasteiger partial charge in [0.25, 0.3) is 11.8 Å². The number of carbonyl (C=O) groups excluding carboxylic acids is 3. The number of nitrogens with zero attached hydrogens (tertiary/aromatic N) is 2. The number of urea groups is 1. The molecule has 1 aliphatic carbocycles. The number of benzene rings is 1. The van der Waals surface area contributed by atoms with E-state index in [1.165, 1.54) is 4.90 Å². The summed E-state index contributed by atoms with van der Waals surface area (Å²) in [6.45, 7) is -0.124. The van der Waals surface area contributed by atoms with Crippen LogP contribution in [-0.4, -0.2) is 41.9 Å². The first-order valence-electron chi connectivity index (χ1n) is 6.73. The van der Waals surface area contributed by atoms with E-state index in [0.29, 0.717) is 30.0 Å². The van der Waals surface area contributed by atoms with Gasteiger partial charge in [-0.3, -0.25) is 9.59 Å². The normalized spacial score (nSPS) is 22.2. The van der Waals surface area contributed by atoms with Crippen molar-refractivity contribution in [2.24, 2.45) is 0 Å². The molecule has 0 atom stereocenters. The molecule has 0 radical (unpaired) electrons. The summed E-state index contributed by atoms with van der Waals surface area (Å²) >= 11 is 0. The summed E-state index contributed by atoms with van der Waals surface area (Å²) in [4.78, 5) is 39.0. The molecule has 1 spiro atoms. The van der Waals surface area contributed by atoms with Crippen LogP contribution in [0.15, 0.2) is 18.2 Å². The van der Waals surface area contributed by atoms with Crippen LogP contribution in [-0.2, 0) is 9.59 Å². The highest BCUT2D eigenvalue weighted by Crippen LogP contribution is 2.50. The van der Waals surface area contributed by atoms with Crippen LogP contribution in [0.1, 0.15) is 12.8 Å². The van der Waals surface area contributed by atoms with E-state index < -0.39 is 5.54 Å². The monoisotopic (exact) mass is 287 g/mol. The van der Waals surface area contributed by atoms with Crippen LogP contribution in [0.5, 0.6) is 5.75 Å². The van der Waals surface area contributed by atoms with Gasteiger partial charge in [0.2, 0.25) is 0 Å². The van der Waals surface area contributed by atoms with Gasteiger partial charge in [0.15, 0.2) is 12.4 Å². The zero-order valence-electron chi connectivity index (χ0n) is 11.4. The van der Waals surface area contributed by atoms with Crippen molar-refractivity contribution in [3.05, 3.63) is 18.2 Å². The average Bonchev–Trinajstić information content (AvgIpc) is 3.24. The van der Waals surface area contributed by atoms with Crippen LogP contribution in [0, 0.1) is 0 Å². The molecule has 21 heavy (non-hydrogen) atoms. The second-order valence-electron chi connectivity index (χ2n) is 5.50. The molecule has 0 unspecified atom stereocenters.